The number of nitrogens with two attached hydrogens (primary N) is 2. The molecule has 8 nitrogen and oxygen atoms in total. The summed E-state index contributed by atoms with van der Waals surface area (Å²) >= 11 is 0. The standard InChI is InChI=1S/C20H28N4O4/c1-10(2)27-19-15(26-6)8-14-13(18(19)25)9-17(23-16(22)7-12(5)21)24-20(14)28-11(3)4/h7-11,25H,21H2,1-6H3,(H2,22,23,24)/b12-7-. The number of aromatic hydroxyl groups is 1. The normalized spacial score (nSPS) is 12.7. The van der Waals surface area contributed by atoms with Crippen molar-refractivity contribution in [2.45, 2.75) is 46.8 Å². The molecule has 0 fully saturated rings. The molecule has 28 heavy (non-hydrogen) atoms. The molecule has 1 aromatic carbocycles. The Labute approximate surface area is 164 Å². The van der Waals surface area contributed by atoms with E-state index < -0.39 is 0 Å². The van der Waals surface area contributed by atoms with Crippen molar-refractivity contribution >= 4 is 22.4 Å². The van der Waals surface area contributed by atoms with E-state index in [2.05, 4.69) is 9.98 Å². The highest BCUT2D eigenvalue weighted by Gasteiger charge is 2.21. The van der Waals surface area contributed by atoms with Gasteiger partial charge < -0.3 is 30.8 Å². The number of hydrogen-bond donors (Lipinski definition) is 3. The van der Waals surface area contributed by atoms with Gasteiger partial charge in [-0.3, -0.25) is 0 Å². The molecule has 2 rings (SSSR count). The maximum Gasteiger partial charge on any atom is 0.223 e. The summed E-state index contributed by atoms with van der Waals surface area (Å²) in [5, 5.41) is 11.9. The summed E-state index contributed by atoms with van der Waals surface area (Å²) in [7, 11) is 1.51. The number of phenolic OH excluding ortho intramolecular Hbond substituents is 1. The molecule has 1 aromatic heterocycles. The Balaban J connectivity index is 2.79. The third-order valence-electron chi connectivity index (χ3n) is 3.52. The number of methoxy groups -OCH3 is 1. The van der Waals surface area contributed by atoms with Gasteiger partial charge in [-0.2, -0.15) is 4.98 Å². The first-order valence-corrected chi connectivity index (χ1v) is 8.98. The fraction of sp³-hybridized carbons (Fsp3) is 0.400. The minimum absolute atomic E-state index is 0.0837. The van der Waals surface area contributed by atoms with Crippen molar-refractivity contribution < 1.29 is 19.3 Å². The fourth-order valence-corrected chi connectivity index (χ4v) is 2.56. The lowest BCUT2D eigenvalue weighted by Gasteiger charge is -2.18. The van der Waals surface area contributed by atoms with E-state index in [1.807, 2.05) is 27.7 Å². The first-order chi connectivity index (χ1) is 13.1. The minimum Gasteiger partial charge on any atom is -0.504 e. The summed E-state index contributed by atoms with van der Waals surface area (Å²) in [6.45, 7) is 9.19. The van der Waals surface area contributed by atoms with Crippen LogP contribution in [0.5, 0.6) is 23.1 Å². The molecule has 2 aromatic rings. The average Bonchev–Trinajstić information content (AvgIpc) is 2.56. The summed E-state index contributed by atoms with van der Waals surface area (Å²) < 4.78 is 17.0. The Kier molecular flexibility index (Phi) is 6.56. The number of nitrogens with zero attached hydrogens (tertiary/aromatic N) is 2. The molecule has 0 radical (unpaired) electrons. The van der Waals surface area contributed by atoms with Crippen molar-refractivity contribution in [3.05, 3.63) is 23.9 Å². The highest BCUT2D eigenvalue weighted by atomic mass is 16.5. The quantitative estimate of drug-likeness (QED) is 0.490. The van der Waals surface area contributed by atoms with E-state index in [4.69, 9.17) is 25.7 Å². The predicted octanol–water partition coefficient (Wildman–Crippen LogP) is 3.37. The topological polar surface area (TPSA) is 125 Å². The molecule has 0 saturated heterocycles. The second kappa shape index (κ2) is 8.69. The summed E-state index contributed by atoms with van der Waals surface area (Å²) in [4.78, 5) is 8.68. The van der Waals surface area contributed by atoms with Gasteiger partial charge in [0, 0.05) is 11.1 Å². The number of aliphatic imine (C=N–C) groups is 1. The third kappa shape index (κ3) is 4.97. The van der Waals surface area contributed by atoms with Crippen molar-refractivity contribution in [3.63, 3.8) is 0 Å². The molecule has 5 N–H and O–H groups in total. The zero-order valence-electron chi connectivity index (χ0n) is 17.1. The molecule has 8 heteroatoms. The number of pyridine rings is 1. The molecule has 0 aliphatic rings. The zero-order valence-corrected chi connectivity index (χ0v) is 17.1. The Morgan fingerprint density at radius 1 is 1.11 bits per heavy atom. The smallest absolute Gasteiger partial charge is 0.223 e. The number of ether oxygens (including phenoxy) is 3. The Morgan fingerprint density at radius 3 is 2.29 bits per heavy atom. The summed E-state index contributed by atoms with van der Waals surface area (Å²) in [6.07, 6.45) is 1.23. The van der Waals surface area contributed by atoms with E-state index in [9.17, 15) is 5.11 Å². The van der Waals surface area contributed by atoms with Gasteiger partial charge in [-0.1, -0.05) is 0 Å². The number of hydrogen-bond acceptors (Lipinski definition) is 7. The molecular formula is C20H28N4O4. The predicted molar refractivity (Wildman–Crippen MR) is 111 cm³/mol. The molecule has 0 bridgehead atoms. The number of benzene rings is 1. The Bertz CT molecular complexity index is 916. The molecule has 0 atom stereocenters. The molecule has 0 spiro atoms. The second-order valence-corrected chi connectivity index (χ2v) is 6.90. The van der Waals surface area contributed by atoms with Crippen LogP contribution in [0.1, 0.15) is 34.6 Å². The van der Waals surface area contributed by atoms with Crippen molar-refractivity contribution in [2.24, 2.45) is 16.5 Å². The molecule has 0 aliphatic heterocycles. The molecule has 152 valence electrons. The van der Waals surface area contributed by atoms with Crippen LogP contribution in [0.4, 0.5) is 5.82 Å². The first kappa shape index (κ1) is 21.1. The van der Waals surface area contributed by atoms with E-state index in [0.717, 1.165) is 0 Å². The van der Waals surface area contributed by atoms with Crippen LogP contribution >= 0.6 is 0 Å². The number of fused-ring (bicyclic) bond motifs is 1. The van der Waals surface area contributed by atoms with Gasteiger partial charge in [0.05, 0.1) is 24.7 Å². The van der Waals surface area contributed by atoms with E-state index in [1.165, 1.54) is 13.2 Å². The van der Waals surface area contributed by atoms with Gasteiger partial charge in [0.1, 0.15) is 5.84 Å². The molecule has 0 saturated carbocycles. The van der Waals surface area contributed by atoms with Crippen LogP contribution in [0.2, 0.25) is 0 Å². The maximum absolute atomic E-state index is 10.9. The van der Waals surface area contributed by atoms with Crippen molar-refractivity contribution in [1.82, 2.24) is 4.98 Å². The van der Waals surface area contributed by atoms with E-state index >= 15 is 0 Å². The van der Waals surface area contributed by atoms with E-state index in [0.29, 0.717) is 28.1 Å². The van der Waals surface area contributed by atoms with Crippen molar-refractivity contribution in [3.8, 4) is 23.1 Å². The van der Waals surface area contributed by atoms with Crippen LogP contribution in [-0.4, -0.2) is 35.2 Å². The molecule has 0 aliphatic carbocycles. The maximum atomic E-state index is 10.9. The highest BCUT2D eigenvalue weighted by molar-refractivity contribution is 5.98. The van der Waals surface area contributed by atoms with Crippen LogP contribution < -0.4 is 25.7 Å². The van der Waals surface area contributed by atoms with Crippen LogP contribution in [0, 0.1) is 0 Å². The van der Waals surface area contributed by atoms with Crippen LogP contribution in [0.25, 0.3) is 10.8 Å². The average molecular weight is 388 g/mol. The Morgan fingerprint density at radius 2 is 1.75 bits per heavy atom. The van der Waals surface area contributed by atoms with Crippen LogP contribution in [0.3, 0.4) is 0 Å². The zero-order chi connectivity index (χ0) is 21.0. The van der Waals surface area contributed by atoms with Gasteiger partial charge >= 0.3 is 0 Å². The van der Waals surface area contributed by atoms with E-state index in [1.54, 1.807) is 19.1 Å². The summed E-state index contributed by atoms with van der Waals surface area (Å²) in [6, 6.07) is 3.33. The van der Waals surface area contributed by atoms with Gasteiger partial charge in [-0.25, -0.2) is 4.99 Å². The first-order valence-electron chi connectivity index (χ1n) is 8.98. The monoisotopic (exact) mass is 388 g/mol. The van der Waals surface area contributed by atoms with E-state index in [-0.39, 0.29) is 35.4 Å². The molecule has 0 amide bonds. The van der Waals surface area contributed by atoms with Crippen molar-refractivity contribution in [1.29, 1.82) is 0 Å². The number of aromatic nitrogens is 1. The largest absolute Gasteiger partial charge is 0.504 e. The number of rotatable bonds is 7. The summed E-state index contributed by atoms with van der Waals surface area (Å²) in [5.41, 5.74) is 12.0. The fourth-order valence-electron chi connectivity index (χ4n) is 2.56. The molecular weight excluding hydrogens is 360 g/mol. The number of allylic oxidation sites excluding steroid dienone is 1. The summed E-state index contributed by atoms with van der Waals surface area (Å²) in [5.74, 6) is 1.30. The van der Waals surface area contributed by atoms with Crippen molar-refractivity contribution in [2.75, 3.05) is 7.11 Å². The molecule has 1 heterocycles. The lowest BCUT2D eigenvalue weighted by molar-refractivity contribution is 0.220. The number of phenols is 1. The lowest BCUT2D eigenvalue weighted by atomic mass is 10.1. The number of amidine groups is 1. The van der Waals surface area contributed by atoms with Gasteiger partial charge in [-0.15, -0.1) is 0 Å². The highest BCUT2D eigenvalue weighted by Crippen LogP contribution is 2.46. The SMILES string of the molecule is COc1cc2c(OC(C)C)nc(/N=C(N)\C=C(\C)N)cc2c(O)c1OC(C)C. The lowest BCUT2D eigenvalue weighted by Crippen LogP contribution is -2.11. The minimum atomic E-state index is -0.156. The van der Waals surface area contributed by atoms with Gasteiger partial charge in [-0.05, 0) is 52.8 Å². The second-order valence-electron chi connectivity index (χ2n) is 6.90. The van der Waals surface area contributed by atoms with Gasteiger partial charge in [0.25, 0.3) is 0 Å². The molecule has 0 unspecified atom stereocenters. The van der Waals surface area contributed by atoms with Crippen LogP contribution in [0.15, 0.2) is 28.9 Å². The van der Waals surface area contributed by atoms with Gasteiger partial charge in [0.15, 0.2) is 17.3 Å². The van der Waals surface area contributed by atoms with Crippen LogP contribution in [-0.2, 0) is 0 Å². The third-order valence-corrected chi connectivity index (χ3v) is 3.52. The Hall–Kier alpha value is -3.16. The van der Waals surface area contributed by atoms with Gasteiger partial charge in [0.2, 0.25) is 11.6 Å².